The number of aryl methyl sites for hydroxylation is 1. The third-order valence-corrected chi connectivity index (χ3v) is 4.09. The summed E-state index contributed by atoms with van der Waals surface area (Å²) in [6.07, 6.45) is 1.87. The molecule has 3 rings (SSSR count). The van der Waals surface area contributed by atoms with Gasteiger partial charge in [-0.3, -0.25) is 0 Å². The van der Waals surface area contributed by atoms with Gasteiger partial charge in [0, 0.05) is 17.4 Å². The van der Waals surface area contributed by atoms with Crippen LogP contribution in [-0.2, 0) is 6.42 Å². The molecular formula is C17H17N3S. The van der Waals surface area contributed by atoms with Gasteiger partial charge in [0.05, 0.1) is 0 Å². The zero-order valence-electron chi connectivity index (χ0n) is 11.9. The lowest BCUT2D eigenvalue weighted by molar-refractivity contribution is 0.813. The van der Waals surface area contributed by atoms with E-state index in [1.807, 2.05) is 6.07 Å². The van der Waals surface area contributed by atoms with Crippen LogP contribution < -0.4 is 5.73 Å². The fourth-order valence-corrected chi connectivity index (χ4v) is 3.13. The molecule has 1 aromatic heterocycles. The van der Waals surface area contributed by atoms with Crippen LogP contribution in [0.4, 0.5) is 5.82 Å². The van der Waals surface area contributed by atoms with Gasteiger partial charge in [0.2, 0.25) is 0 Å². The van der Waals surface area contributed by atoms with Gasteiger partial charge in [-0.1, -0.05) is 49.0 Å². The Balaban J connectivity index is 1.90. The van der Waals surface area contributed by atoms with Crippen LogP contribution in [0.25, 0.3) is 10.8 Å². The summed E-state index contributed by atoms with van der Waals surface area (Å²) in [6.45, 7) is 2.11. The minimum atomic E-state index is 0.539. The Kier molecular flexibility index (Phi) is 4.06. The van der Waals surface area contributed by atoms with Crippen molar-refractivity contribution in [2.75, 3.05) is 5.73 Å². The maximum atomic E-state index is 5.87. The summed E-state index contributed by atoms with van der Waals surface area (Å²) in [7, 11) is 0. The number of nitrogens with two attached hydrogens (primary N) is 1. The van der Waals surface area contributed by atoms with Gasteiger partial charge < -0.3 is 5.73 Å². The molecule has 0 atom stereocenters. The monoisotopic (exact) mass is 295 g/mol. The molecule has 0 spiro atoms. The Morgan fingerprint density at radius 1 is 1.00 bits per heavy atom. The van der Waals surface area contributed by atoms with Crippen LogP contribution in [0.15, 0.2) is 58.5 Å². The minimum absolute atomic E-state index is 0.539. The van der Waals surface area contributed by atoms with E-state index in [1.165, 1.54) is 10.8 Å². The molecule has 1 heterocycles. The minimum Gasteiger partial charge on any atom is -0.384 e. The average molecular weight is 295 g/mol. The summed E-state index contributed by atoms with van der Waals surface area (Å²) < 4.78 is 0. The maximum absolute atomic E-state index is 5.87. The lowest BCUT2D eigenvalue weighted by Crippen LogP contribution is -2.00. The molecule has 2 N–H and O–H groups in total. The van der Waals surface area contributed by atoms with E-state index in [4.69, 9.17) is 5.73 Å². The summed E-state index contributed by atoms with van der Waals surface area (Å²) in [4.78, 5) is 10.0. The van der Waals surface area contributed by atoms with Gasteiger partial charge in [-0.25, -0.2) is 9.97 Å². The lowest BCUT2D eigenvalue weighted by atomic mass is 10.1. The van der Waals surface area contributed by atoms with Crippen LogP contribution in [-0.4, -0.2) is 9.97 Å². The van der Waals surface area contributed by atoms with E-state index < -0.39 is 0 Å². The number of nitrogens with zero attached hydrogens (tertiary/aromatic N) is 2. The van der Waals surface area contributed by atoms with Crippen molar-refractivity contribution < 1.29 is 0 Å². The Labute approximate surface area is 128 Å². The third kappa shape index (κ3) is 3.34. The Morgan fingerprint density at radius 3 is 2.62 bits per heavy atom. The summed E-state index contributed by atoms with van der Waals surface area (Å²) in [5.41, 5.74) is 5.87. The van der Waals surface area contributed by atoms with Crippen molar-refractivity contribution in [1.29, 1.82) is 0 Å². The van der Waals surface area contributed by atoms with E-state index in [9.17, 15) is 0 Å². The van der Waals surface area contributed by atoms with Crippen LogP contribution in [0.3, 0.4) is 0 Å². The number of benzene rings is 2. The first kappa shape index (κ1) is 13.9. The van der Waals surface area contributed by atoms with Crippen LogP contribution in [0.5, 0.6) is 0 Å². The molecule has 0 aliphatic carbocycles. The summed E-state index contributed by atoms with van der Waals surface area (Å²) in [6, 6.07) is 16.6. The number of rotatable bonds is 4. The number of anilines is 1. The SMILES string of the molecule is CCCc1nc(N)cc(Sc2ccc3ccccc3c2)n1. The molecule has 0 amide bonds. The molecule has 0 aliphatic rings. The highest BCUT2D eigenvalue weighted by Crippen LogP contribution is 2.29. The van der Waals surface area contributed by atoms with Crippen molar-refractivity contribution >= 4 is 28.4 Å². The summed E-state index contributed by atoms with van der Waals surface area (Å²) >= 11 is 1.63. The van der Waals surface area contributed by atoms with Crippen LogP contribution in [0.1, 0.15) is 19.2 Å². The quantitative estimate of drug-likeness (QED) is 0.728. The maximum Gasteiger partial charge on any atom is 0.132 e. The van der Waals surface area contributed by atoms with E-state index in [-0.39, 0.29) is 0 Å². The fourth-order valence-electron chi connectivity index (χ4n) is 2.23. The molecule has 0 saturated carbocycles. The van der Waals surface area contributed by atoms with E-state index >= 15 is 0 Å². The summed E-state index contributed by atoms with van der Waals surface area (Å²) in [5.74, 6) is 1.36. The van der Waals surface area contributed by atoms with Gasteiger partial charge in [0.15, 0.2) is 0 Å². The molecule has 2 aromatic carbocycles. The highest BCUT2D eigenvalue weighted by molar-refractivity contribution is 7.99. The molecule has 0 saturated heterocycles. The molecule has 0 radical (unpaired) electrons. The van der Waals surface area contributed by atoms with Crippen molar-refractivity contribution in [1.82, 2.24) is 9.97 Å². The van der Waals surface area contributed by atoms with Gasteiger partial charge in [0.25, 0.3) is 0 Å². The molecule has 3 aromatic rings. The molecule has 0 bridgehead atoms. The largest absolute Gasteiger partial charge is 0.384 e. The predicted octanol–water partition coefficient (Wildman–Crippen LogP) is 4.32. The number of aromatic nitrogens is 2. The average Bonchev–Trinajstić information content (AvgIpc) is 2.47. The molecule has 3 nitrogen and oxygen atoms in total. The van der Waals surface area contributed by atoms with E-state index in [0.29, 0.717) is 5.82 Å². The van der Waals surface area contributed by atoms with Gasteiger partial charge in [-0.05, 0) is 29.3 Å². The zero-order valence-corrected chi connectivity index (χ0v) is 12.7. The number of hydrogen-bond donors (Lipinski definition) is 1. The van der Waals surface area contributed by atoms with Crippen molar-refractivity contribution in [3.8, 4) is 0 Å². The zero-order chi connectivity index (χ0) is 14.7. The molecule has 21 heavy (non-hydrogen) atoms. The highest BCUT2D eigenvalue weighted by Gasteiger charge is 2.05. The predicted molar refractivity (Wildman–Crippen MR) is 88.5 cm³/mol. The van der Waals surface area contributed by atoms with E-state index in [0.717, 1.165) is 28.6 Å². The van der Waals surface area contributed by atoms with Gasteiger partial charge in [0.1, 0.15) is 16.7 Å². The first-order valence-corrected chi connectivity index (χ1v) is 7.86. The normalized spacial score (nSPS) is 10.9. The highest BCUT2D eigenvalue weighted by atomic mass is 32.2. The number of hydrogen-bond acceptors (Lipinski definition) is 4. The smallest absolute Gasteiger partial charge is 0.132 e. The van der Waals surface area contributed by atoms with Crippen LogP contribution >= 0.6 is 11.8 Å². The van der Waals surface area contributed by atoms with Gasteiger partial charge in [-0.15, -0.1) is 0 Å². The van der Waals surface area contributed by atoms with E-state index in [2.05, 4.69) is 59.4 Å². The standard InChI is InChI=1S/C17H17N3S/c1-2-5-16-19-15(18)11-17(20-16)21-14-9-8-12-6-3-4-7-13(12)10-14/h3-4,6-11H,2,5H2,1H3,(H2,18,19,20). The fraction of sp³-hybridized carbons (Fsp3) is 0.176. The number of nitrogen functional groups attached to an aromatic ring is 1. The molecule has 0 unspecified atom stereocenters. The Bertz CT molecular complexity index is 771. The van der Waals surface area contributed by atoms with Crippen LogP contribution in [0.2, 0.25) is 0 Å². The van der Waals surface area contributed by atoms with Crippen molar-refractivity contribution in [2.45, 2.75) is 29.7 Å². The third-order valence-electron chi connectivity index (χ3n) is 3.19. The van der Waals surface area contributed by atoms with Gasteiger partial charge >= 0.3 is 0 Å². The van der Waals surface area contributed by atoms with Crippen molar-refractivity contribution in [3.05, 3.63) is 54.4 Å². The molecular weight excluding hydrogens is 278 g/mol. The summed E-state index contributed by atoms with van der Waals surface area (Å²) in [5, 5.41) is 3.38. The lowest BCUT2D eigenvalue weighted by Gasteiger charge is -2.06. The molecule has 0 fully saturated rings. The Morgan fingerprint density at radius 2 is 1.81 bits per heavy atom. The second kappa shape index (κ2) is 6.14. The van der Waals surface area contributed by atoms with Crippen molar-refractivity contribution in [2.24, 2.45) is 0 Å². The van der Waals surface area contributed by atoms with Gasteiger partial charge in [-0.2, -0.15) is 0 Å². The molecule has 106 valence electrons. The first-order chi connectivity index (χ1) is 10.2. The second-order valence-corrected chi connectivity index (χ2v) is 6.00. The second-order valence-electron chi connectivity index (χ2n) is 4.91. The van der Waals surface area contributed by atoms with E-state index in [1.54, 1.807) is 11.8 Å². The Hall–Kier alpha value is -2.07. The molecule has 4 heteroatoms. The first-order valence-electron chi connectivity index (χ1n) is 7.04. The van der Waals surface area contributed by atoms with Crippen LogP contribution in [0, 0.1) is 0 Å². The number of fused-ring (bicyclic) bond motifs is 1. The van der Waals surface area contributed by atoms with Crippen molar-refractivity contribution in [3.63, 3.8) is 0 Å². The molecule has 0 aliphatic heterocycles. The topological polar surface area (TPSA) is 51.8 Å².